The maximum Gasteiger partial charge on any atom is 0.325 e. The van der Waals surface area contributed by atoms with Crippen molar-refractivity contribution in [2.75, 3.05) is 0 Å². The largest absolute Gasteiger partial charge is 0.480 e. The lowest BCUT2D eigenvalue weighted by molar-refractivity contribution is -0.142. The van der Waals surface area contributed by atoms with E-state index in [2.05, 4.69) is 16.0 Å². The molecule has 11 heteroatoms. The van der Waals surface area contributed by atoms with Gasteiger partial charge < -0.3 is 32.5 Å². The molecule has 0 aliphatic rings. The molecule has 0 heterocycles. The summed E-state index contributed by atoms with van der Waals surface area (Å²) in [5, 5.41) is 16.0. The highest BCUT2D eigenvalue weighted by molar-refractivity contribution is 5.94. The SMILES string of the molecule is CC(N)C(=O)NC(C(=O)NC(CCC(N)=O)C(=O)NC(C)C(=O)O)C(C)C. The van der Waals surface area contributed by atoms with Gasteiger partial charge in [0.2, 0.25) is 23.6 Å². The maximum absolute atomic E-state index is 12.5. The van der Waals surface area contributed by atoms with Gasteiger partial charge in [-0.05, 0) is 26.2 Å². The molecule has 0 spiro atoms. The second-order valence-corrected chi connectivity index (χ2v) is 6.65. The van der Waals surface area contributed by atoms with Crippen molar-refractivity contribution in [2.24, 2.45) is 17.4 Å². The van der Waals surface area contributed by atoms with Gasteiger partial charge in [0, 0.05) is 6.42 Å². The minimum atomic E-state index is -1.26. The Morgan fingerprint density at radius 1 is 0.889 bits per heavy atom. The zero-order valence-electron chi connectivity index (χ0n) is 15.9. The molecule has 154 valence electrons. The van der Waals surface area contributed by atoms with Crippen LogP contribution < -0.4 is 27.4 Å². The molecule has 0 radical (unpaired) electrons. The fraction of sp³-hybridized carbons (Fsp3) is 0.688. The van der Waals surface area contributed by atoms with Crippen molar-refractivity contribution in [3.63, 3.8) is 0 Å². The average Bonchev–Trinajstić information content (AvgIpc) is 2.54. The molecule has 4 amide bonds. The number of hydrogen-bond donors (Lipinski definition) is 6. The predicted molar refractivity (Wildman–Crippen MR) is 96.0 cm³/mol. The molecular formula is C16H29N5O6. The van der Waals surface area contributed by atoms with Crippen molar-refractivity contribution in [3.8, 4) is 0 Å². The van der Waals surface area contributed by atoms with Crippen molar-refractivity contribution >= 4 is 29.6 Å². The highest BCUT2D eigenvalue weighted by atomic mass is 16.4. The number of nitrogens with one attached hydrogen (secondary N) is 3. The van der Waals surface area contributed by atoms with Crippen LogP contribution in [-0.4, -0.2) is 58.9 Å². The molecule has 0 saturated heterocycles. The van der Waals surface area contributed by atoms with E-state index in [1.165, 1.54) is 13.8 Å². The van der Waals surface area contributed by atoms with Gasteiger partial charge in [-0.25, -0.2) is 0 Å². The molecule has 0 rings (SSSR count). The number of carboxylic acid groups (broad SMARTS) is 1. The van der Waals surface area contributed by atoms with Gasteiger partial charge in [0.1, 0.15) is 18.1 Å². The number of rotatable bonds is 11. The Morgan fingerprint density at radius 2 is 1.44 bits per heavy atom. The number of carbonyl (C=O) groups excluding carboxylic acids is 4. The minimum absolute atomic E-state index is 0.120. The fourth-order valence-corrected chi connectivity index (χ4v) is 2.01. The topological polar surface area (TPSA) is 194 Å². The summed E-state index contributed by atoms with van der Waals surface area (Å²) < 4.78 is 0. The molecule has 0 saturated carbocycles. The molecule has 0 aromatic heterocycles. The van der Waals surface area contributed by atoms with Crippen LogP contribution in [0.5, 0.6) is 0 Å². The third-order valence-corrected chi connectivity index (χ3v) is 3.70. The number of carboxylic acids is 1. The van der Waals surface area contributed by atoms with Crippen LogP contribution in [0.1, 0.15) is 40.5 Å². The molecule has 0 fully saturated rings. The van der Waals surface area contributed by atoms with Crippen molar-refractivity contribution in [3.05, 3.63) is 0 Å². The third-order valence-electron chi connectivity index (χ3n) is 3.70. The van der Waals surface area contributed by atoms with Gasteiger partial charge >= 0.3 is 5.97 Å². The number of hydrogen-bond acceptors (Lipinski definition) is 6. The summed E-state index contributed by atoms with van der Waals surface area (Å²) in [6, 6.07) is -4.18. The van der Waals surface area contributed by atoms with E-state index < -0.39 is 53.8 Å². The maximum atomic E-state index is 12.5. The number of aliphatic carboxylic acids is 1. The molecule has 4 atom stereocenters. The molecule has 27 heavy (non-hydrogen) atoms. The van der Waals surface area contributed by atoms with E-state index in [-0.39, 0.29) is 18.8 Å². The molecule has 0 bridgehead atoms. The van der Waals surface area contributed by atoms with Crippen LogP contribution in [0.15, 0.2) is 0 Å². The van der Waals surface area contributed by atoms with Crippen LogP contribution >= 0.6 is 0 Å². The molecule has 0 aliphatic heterocycles. The van der Waals surface area contributed by atoms with Crippen molar-refractivity contribution < 1.29 is 29.1 Å². The smallest absolute Gasteiger partial charge is 0.325 e. The second-order valence-electron chi connectivity index (χ2n) is 6.65. The fourth-order valence-electron chi connectivity index (χ4n) is 2.01. The normalized spacial score (nSPS) is 15.2. The van der Waals surface area contributed by atoms with Crippen LogP contribution in [0.4, 0.5) is 0 Å². The van der Waals surface area contributed by atoms with E-state index in [0.29, 0.717) is 0 Å². The van der Waals surface area contributed by atoms with Crippen LogP contribution in [0.3, 0.4) is 0 Å². The lowest BCUT2D eigenvalue weighted by Gasteiger charge is -2.26. The van der Waals surface area contributed by atoms with E-state index in [1.807, 2.05) is 0 Å². The van der Waals surface area contributed by atoms with E-state index >= 15 is 0 Å². The second kappa shape index (κ2) is 11.1. The summed E-state index contributed by atoms with van der Waals surface area (Å²) >= 11 is 0. The summed E-state index contributed by atoms with van der Waals surface area (Å²) in [4.78, 5) is 58.5. The first kappa shape index (κ1) is 24.3. The Hall–Kier alpha value is -2.69. The number of nitrogens with two attached hydrogens (primary N) is 2. The minimum Gasteiger partial charge on any atom is -0.480 e. The Balaban J connectivity index is 5.26. The molecule has 0 aliphatic carbocycles. The Morgan fingerprint density at radius 3 is 1.85 bits per heavy atom. The van der Waals surface area contributed by atoms with Crippen molar-refractivity contribution in [2.45, 2.75) is 64.7 Å². The van der Waals surface area contributed by atoms with Gasteiger partial charge in [0.25, 0.3) is 0 Å². The molecule has 4 unspecified atom stereocenters. The quantitative estimate of drug-likeness (QED) is 0.232. The number of amides is 4. The van der Waals surface area contributed by atoms with Gasteiger partial charge in [-0.2, -0.15) is 0 Å². The lowest BCUT2D eigenvalue weighted by atomic mass is 10.0. The van der Waals surface area contributed by atoms with Crippen LogP contribution in [0.25, 0.3) is 0 Å². The first-order valence-electron chi connectivity index (χ1n) is 8.54. The lowest BCUT2D eigenvalue weighted by Crippen LogP contribution is -2.58. The number of primary amides is 1. The summed E-state index contributed by atoms with van der Waals surface area (Å²) in [6.07, 6.45) is -0.316. The van der Waals surface area contributed by atoms with Crippen molar-refractivity contribution in [1.82, 2.24) is 16.0 Å². The Kier molecular flexibility index (Phi) is 10.0. The van der Waals surface area contributed by atoms with Gasteiger partial charge in [0.15, 0.2) is 0 Å². The van der Waals surface area contributed by atoms with Gasteiger partial charge in [-0.3, -0.25) is 24.0 Å². The van der Waals surface area contributed by atoms with E-state index in [4.69, 9.17) is 16.6 Å². The first-order valence-corrected chi connectivity index (χ1v) is 8.54. The number of carbonyl (C=O) groups is 5. The standard InChI is InChI=1S/C16H29N5O6/c1-7(2)12(21-13(23)8(3)17)15(25)20-10(5-6-11(18)22)14(24)19-9(4)16(26)27/h7-10,12H,5-6,17H2,1-4H3,(H2,18,22)(H,19,24)(H,20,25)(H,21,23)(H,26,27). The summed E-state index contributed by atoms with van der Waals surface area (Å²) in [7, 11) is 0. The Labute approximate surface area is 157 Å². The van der Waals surface area contributed by atoms with Gasteiger partial charge in [-0.1, -0.05) is 13.8 Å². The van der Waals surface area contributed by atoms with E-state index in [1.54, 1.807) is 13.8 Å². The van der Waals surface area contributed by atoms with Crippen LogP contribution in [-0.2, 0) is 24.0 Å². The summed E-state index contributed by atoms with van der Waals surface area (Å²) in [5.74, 6) is -4.23. The highest BCUT2D eigenvalue weighted by Crippen LogP contribution is 2.05. The average molecular weight is 387 g/mol. The monoisotopic (exact) mass is 387 g/mol. The summed E-state index contributed by atoms with van der Waals surface area (Å²) in [6.45, 7) is 6.10. The van der Waals surface area contributed by atoms with Gasteiger partial charge in [0.05, 0.1) is 6.04 Å². The first-order chi connectivity index (χ1) is 12.4. The highest BCUT2D eigenvalue weighted by Gasteiger charge is 2.30. The Bertz CT molecular complexity index is 578. The molecule has 8 N–H and O–H groups in total. The predicted octanol–water partition coefficient (Wildman–Crippen LogP) is -2.19. The van der Waals surface area contributed by atoms with Gasteiger partial charge in [-0.15, -0.1) is 0 Å². The molecular weight excluding hydrogens is 358 g/mol. The van der Waals surface area contributed by atoms with E-state index in [9.17, 15) is 24.0 Å². The zero-order valence-corrected chi connectivity index (χ0v) is 15.9. The van der Waals surface area contributed by atoms with Crippen molar-refractivity contribution in [1.29, 1.82) is 0 Å². The third kappa shape index (κ3) is 8.99. The van der Waals surface area contributed by atoms with Crippen LogP contribution in [0.2, 0.25) is 0 Å². The zero-order chi connectivity index (χ0) is 21.3. The van der Waals surface area contributed by atoms with E-state index in [0.717, 1.165) is 0 Å². The van der Waals surface area contributed by atoms with Crippen LogP contribution in [0, 0.1) is 5.92 Å². The molecule has 0 aromatic rings. The molecule has 11 nitrogen and oxygen atoms in total. The summed E-state index contributed by atoms with van der Waals surface area (Å²) in [5.41, 5.74) is 10.6. The molecule has 0 aromatic carbocycles.